The molecule has 15 heavy (non-hydrogen) atoms. The Morgan fingerprint density at radius 1 is 1.40 bits per heavy atom. The Labute approximate surface area is 107 Å². The number of alkyl halides is 3. The first-order valence-electron chi connectivity index (χ1n) is 4.16. The van der Waals surface area contributed by atoms with Gasteiger partial charge < -0.3 is 0 Å². The van der Waals surface area contributed by atoms with E-state index in [4.69, 9.17) is 34.8 Å². The summed E-state index contributed by atoms with van der Waals surface area (Å²) in [5.41, 5.74) is 0. The minimum absolute atomic E-state index is 0.148. The van der Waals surface area contributed by atoms with Gasteiger partial charge in [-0.05, 0) is 0 Å². The lowest BCUT2D eigenvalue weighted by atomic mass is 10.2. The van der Waals surface area contributed by atoms with E-state index in [0.717, 1.165) is 10.1 Å². The summed E-state index contributed by atoms with van der Waals surface area (Å²) >= 11 is 17.9. The van der Waals surface area contributed by atoms with Crippen molar-refractivity contribution in [2.75, 3.05) is 11.6 Å². The van der Waals surface area contributed by atoms with Crippen LogP contribution in [0.5, 0.6) is 0 Å². The second kappa shape index (κ2) is 5.01. The minimum Gasteiger partial charge on any atom is -0.286 e. The van der Waals surface area contributed by atoms with Crippen molar-refractivity contribution < 1.29 is 5.21 Å². The normalized spacial score (nSPS) is 12.2. The summed E-state index contributed by atoms with van der Waals surface area (Å²) in [6.45, 7) is 3.83. The molecule has 0 radical (unpaired) electrons. The van der Waals surface area contributed by atoms with Crippen LogP contribution >= 0.6 is 46.1 Å². The molecule has 0 atom stereocenters. The molecule has 1 aromatic rings. The van der Waals surface area contributed by atoms with Gasteiger partial charge in [0.25, 0.3) is 0 Å². The van der Waals surface area contributed by atoms with Crippen LogP contribution in [0.25, 0.3) is 0 Å². The smallest absolute Gasteiger partial charge is 0.232 e. The van der Waals surface area contributed by atoms with Crippen molar-refractivity contribution >= 4 is 51.3 Å². The van der Waals surface area contributed by atoms with Crippen molar-refractivity contribution in [3.05, 3.63) is 5.01 Å². The molecule has 0 aromatic carbocycles. The minimum atomic E-state index is -1.54. The molecular weight excluding hydrogens is 281 g/mol. The van der Waals surface area contributed by atoms with Gasteiger partial charge in [0, 0.05) is 5.92 Å². The first kappa shape index (κ1) is 13.3. The number of halogens is 3. The molecular formula is C7H10Cl3N3OS. The lowest BCUT2D eigenvalue weighted by Gasteiger charge is -2.17. The van der Waals surface area contributed by atoms with Gasteiger partial charge in [-0.15, -0.1) is 10.2 Å². The summed E-state index contributed by atoms with van der Waals surface area (Å²) < 4.78 is -1.54. The van der Waals surface area contributed by atoms with E-state index < -0.39 is 3.79 Å². The van der Waals surface area contributed by atoms with Gasteiger partial charge in [-0.25, -0.2) is 5.06 Å². The van der Waals surface area contributed by atoms with E-state index in [1.165, 1.54) is 11.3 Å². The summed E-state index contributed by atoms with van der Waals surface area (Å²) in [5.74, 6) is 0.261. The molecule has 0 spiro atoms. The number of hydrogen-bond donors (Lipinski definition) is 1. The molecule has 1 N–H and O–H groups in total. The molecule has 1 aromatic heterocycles. The van der Waals surface area contributed by atoms with Gasteiger partial charge in [-0.3, -0.25) is 5.21 Å². The lowest BCUT2D eigenvalue weighted by Crippen LogP contribution is -2.29. The maximum atomic E-state index is 9.54. The Morgan fingerprint density at radius 3 is 2.40 bits per heavy atom. The molecule has 0 aliphatic carbocycles. The fraction of sp³-hybridized carbons (Fsp3) is 0.714. The Hall–Kier alpha value is 0.190. The third kappa shape index (κ3) is 4.28. The molecule has 86 valence electrons. The fourth-order valence-corrected chi connectivity index (χ4v) is 1.90. The molecule has 0 saturated heterocycles. The van der Waals surface area contributed by atoms with Gasteiger partial charge >= 0.3 is 0 Å². The van der Waals surface area contributed by atoms with Crippen LogP contribution in [0.2, 0.25) is 0 Å². The summed E-state index contributed by atoms with van der Waals surface area (Å²) in [6, 6.07) is 0. The maximum absolute atomic E-state index is 9.54. The van der Waals surface area contributed by atoms with Gasteiger partial charge in [-0.1, -0.05) is 60.0 Å². The Morgan fingerprint density at radius 2 is 2.00 bits per heavy atom. The molecule has 0 unspecified atom stereocenters. The molecule has 0 bridgehead atoms. The summed E-state index contributed by atoms with van der Waals surface area (Å²) in [5, 5.41) is 19.2. The zero-order valence-corrected chi connectivity index (χ0v) is 11.2. The average Bonchev–Trinajstić information content (AvgIpc) is 2.47. The van der Waals surface area contributed by atoms with Crippen molar-refractivity contribution in [2.45, 2.75) is 23.6 Å². The molecule has 1 heterocycles. The first-order valence-corrected chi connectivity index (χ1v) is 6.11. The van der Waals surface area contributed by atoms with Crippen LogP contribution in [0, 0.1) is 0 Å². The SMILES string of the molecule is CC(C)c1nnc(N(O)CC(Cl)(Cl)Cl)s1. The molecule has 0 fully saturated rings. The summed E-state index contributed by atoms with van der Waals surface area (Å²) in [4.78, 5) is 0. The third-order valence-electron chi connectivity index (χ3n) is 1.47. The van der Waals surface area contributed by atoms with Crippen molar-refractivity contribution in [1.82, 2.24) is 10.2 Å². The predicted molar refractivity (Wildman–Crippen MR) is 63.4 cm³/mol. The number of aromatic nitrogens is 2. The third-order valence-corrected chi connectivity index (χ3v) is 3.07. The number of hydrogen-bond acceptors (Lipinski definition) is 5. The summed E-state index contributed by atoms with van der Waals surface area (Å²) in [6.07, 6.45) is 0. The average molecular weight is 291 g/mol. The monoisotopic (exact) mass is 289 g/mol. The largest absolute Gasteiger partial charge is 0.286 e. The lowest BCUT2D eigenvalue weighted by molar-refractivity contribution is 0.255. The second-order valence-electron chi connectivity index (χ2n) is 3.25. The fourth-order valence-electron chi connectivity index (χ4n) is 0.801. The van der Waals surface area contributed by atoms with Crippen molar-refractivity contribution in [3.63, 3.8) is 0 Å². The van der Waals surface area contributed by atoms with Gasteiger partial charge in [0.2, 0.25) is 8.92 Å². The highest BCUT2D eigenvalue weighted by atomic mass is 35.6. The van der Waals surface area contributed by atoms with Crippen molar-refractivity contribution in [3.8, 4) is 0 Å². The molecule has 0 saturated carbocycles. The second-order valence-corrected chi connectivity index (χ2v) is 6.75. The maximum Gasteiger partial charge on any atom is 0.232 e. The zero-order chi connectivity index (χ0) is 11.6. The van der Waals surface area contributed by atoms with E-state index in [1.807, 2.05) is 13.8 Å². The van der Waals surface area contributed by atoms with Gasteiger partial charge in [0.15, 0.2) is 0 Å². The van der Waals surface area contributed by atoms with Crippen LogP contribution in [0.1, 0.15) is 24.8 Å². The van der Waals surface area contributed by atoms with Gasteiger partial charge in [-0.2, -0.15) is 0 Å². The first-order chi connectivity index (χ1) is 6.79. The Kier molecular flexibility index (Phi) is 4.43. The molecule has 0 amide bonds. The van der Waals surface area contributed by atoms with Crippen LogP contribution in [-0.4, -0.2) is 25.7 Å². The Bertz CT molecular complexity index is 326. The molecule has 0 aliphatic heterocycles. The topological polar surface area (TPSA) is 49.2 Å². The van der Waals surface area contributed by atoms with Crippen LogP contribution < -0.4 is 5.06 Å². The Balaban J connectivity index is 2.70. The quantitative estimate of drug-likeness (QED) is 0.686. The number of nitrogens with zero attached hydrogens (tertiary/aromatic N) is 3. The van der Waals surface area contributed by atoms with E-state index in [0.29, 0.717) is 5.13 Å². The van der Waals surface area contributed by atoms with Crippen LogP contribution in [0.15, 0.2) is 0 Å². The number of anilines is 1. The molecule has 0 aliphatic rings. The highest BCUT2D eigenvalue weighted by Crippen LogP contribution is 2.30. The van der Waals surface area contributed by atoms with Crippen LogP contribution in [0.4, 0.5) is 5.13 Å². The van der Waals surface area contributed by atoms with E-state index >= 15 is 0 Å². The van der Waals surface area contributed by atoms with E-state index in [1.54, 1.807) is 0 Å². The van der Waals surface area contributed by atoms with Crippen molar-refractivity contribution in [1.29, 1.82) is 0 Å². The summed E-state index contributed by atoms with van der Waals surface area (Å²) in [7, 11) is 0. The van der Waals surface area contributed by atoms with Gasteiger partial charge in [0.1, 0.15) is 5.01 Å². The number of hydroxylamine groups is 1. The van der Waals surface area contributed by atoms with E-state index in [-0.39, 0.29) is 12.5 Å². The van der Waals surface area contributed by atoms with E-state index in [9.17, 15) is 5.21 Å². The standard InChI is InChI=1S/C7H10Cl3N3OS/c1-4(2)5-11-12-6(15-5)13(14)3-7(8,9)10/h4,14H,3H2,1-2H3. The highest BCUT2D eigenvalue weighted by molar-refractivity contribution is 7.15. The van der Waals surface area contributed by atoms with Crippen LogP contribution in [-0.2, 0) is 0 Å². The van der Waals surface area contributed by atoms with Gasteiger partial charge in [0.05, 0.1) is 6.54 Å². The zero-order valence-electron chi connectivity index (χ0n) is 8.12. The van der Waals surface area contributed by atoms with E-state index in [2.05, 4.69) is 10.2 Å². The molecule has 4 nitrogen and oxygen atoms in total. The highest BCUT2D eigenvalue weighted by Gasteiger charge is 2.25. The van der Waals surface area contributed by atoms with Crippen LogP contribution in [0.3, 0.4) is 0 Å². The molecule has 1 rings (SSSR count). The molecule has 8 heteroatoms. The number of rotatable bonds is 3. The predicted octanol–water partition coefficient (Wildman–Crippen LogP) is 3.23. The van der Waals surface area contributed by atoms with Crippen molar-refractivity contribution in [2.24, 2.45) is 0 Å².